The van der Waals surface area contributed by atoms with Gasteiger partial charge in [0.2, 0.25) is 0 Å². The number of carbonyl (C=O) groups excluding carboxylic acids is 2. The van der Waals surface area contributed by atoms with E-state index < -0.39 is 24.3 Å². The second kappa shape index (κ2) is 71.0. The molecule has 0 aromatic rings. The molecule has 0 aromatic carbocycles. The molecule has 2 atom stereocenters. The molecular formula is C82H138NO8+. The lowest BCUT2D eigenvalue weighted by Gasteiger charge is -2.25. The van der Waals surface area contributed by atoms with Crippen molar-refractivity contribution in [2.24, 2.45) is 0 Å². The van der Waals surface area contributed by atoms with Gasteiger partial charge in [-0.15, -0.1) is 0 Å². The summed E-state index contributed by atoms with van der Waals surface area (Å²) in [5, 5.41) is 9.76. The smallest absolute Gasteiger partial charge is 0.361 e. The highest BCUT2D eigenvalue weighted by molar-refractivity contribution is 5.71. The molecule has 0 fully saturated rings. The van der Waals surface area contributed by atoms with E-state index in [1.807, 2.05) is 21.1 Å². The summed E-state index contributed by atoms with van der Waals surface area (Å²) in [6.45, 7) is 4.76. The van der Waals surface area contributed by atoms with Crippen molar-refractivity contribution >= 4 is 17.9 Å². The van der Waals surface area contributed by atoms with Crippen LogP contribution in [0.1, 0.15) is 296 Å². The van der Waals surface area contributed by atoms with Gasteiger partial charge in [-0.25, -0.2) is 4.79 Å². The predicted octanol–water partition coefficient (Wildman–Crippen LogP) is 23.5. The Balaban J connectivity index is 4.13. The third-order valence-electron chi connectivity index (χ3n) is 15.6. The minimum absolute atomic E-state index is 0.181. The Morgan fingerprint density at radius 2 is 0.626 bits per heavy atom. The molecule has 518 valence electrons. The molecule has 0 radical (unpaired) electrons. The van der Waals surface area contributed by atoms with Gasteiger partial charge in [0.1, 0.15) is 13.2 Å². The van der Waals surface area contributed by atoms with Gasteiger partial charge in [-0.3, -0.25) is 9.59 Å². The number of nitrogens with zero attached hydrogens (tertiary/aromatic N) is 1. The summed E-state index contributed by atoms with van der Waals surface area (Å²) in [5.41, 5.74) is 0. The summed E-state index contributed by atoms with van der Waals surface area (Å²) in [6.07, 6.45) is 101. The standard InChI is InChI=1S/C82H137NO8/c1-6-8-10-12-14-16-18-20-22-24-26-28-30-32-33-34-35-36-37-38-39-40-41-42-43-44-45-46-47-49-51-53-55-57-59-61-63-65-67-69-71-73-80(85)91-78(77-90-82(81(86)87)88-75-74-83(3,4)5)76-89-79(84)72-70-68-66-64-62-60-58-56-54-52-50-48-31-29-27-25-23-21-19-17-15-13-11-9-7-2/h8,10,14,16,19-22,25-28,32-33,35-36,38-39,41-42,44-45,47,49,78,82H,6-7,9,11-13,15,17-18,23-24,29-31,34,37,40,43,46,48,50-77H2,1-5H3/p+1/b10-8-,16-14-,21-19-,22-20-,27-25-,28-26-,33-32-,36-35-,39-38-,42-41-,45-44-,49-47-. The van der Waals surface area contributed by atoms with Crippen LogP contribution in [0.3, 0.4) is 0 Å². The SMILES string of the molecule is CC/C=C\C/C=C\C/C=C\C/C=C\C/C=C\C/C=C\C/C=C\C/C=C\C/C=C\C/C=C\CCCCCCCCCCCCC(=O)OC(COC(=O)CCCCCCCCCCCCCCC/C=C\C/C=C\CCCCCCC)COC(OCC[N+](C)(C)C)C(=O)O. The third-order valence-corrected chi connectivity index (χ3v) is 15.6. The van der Waals surface area contributed by atoms with Gasteiger partial charge in [-0.05, 0) is 122 Å². The molecule has 91 heavy (non-hydrogen) atoms. The van der Waals surface area contributed by atoms with Gasteiger partial charge in [-0.2, -0.15) is 0 Å². The van der Waals surface area contributed by atoms with Gasteiger partial charge in [0.15, 0.2) is 6.10 Å². The number of rotatable bonds is 67. The molecule has 2 unspecified atom stereocenters. The Morgan fingerprint density at radius 1 is 0.341 bits per heavy atom. The zero-order valence-corrected chi connectivity index (χ0v) is 59.2. The number of unbranched alkanes of at least 4 members (excludes halogenated alkanes) is 28. The molecule has 0 aromatic heterocycles. The Morgan fingerprint density at radius 3 is 0.934 bits per heavy atom. The minimum Gasteiger partial charge on any atom is -0.477 e. The molecule has 0 saturated heterocycles. The quantitative estimate of drug-likeness (QED) is 0.0211. The van der Waals surface area contributed by atoms with Crippen LogP contribution in [0.2, 0.25) is 0 Å². The van der Waals surface area contributed by atoms with Crippen molar-refractivity contribution in [3.05, 3.63) is 146 Å². The van der Waals surface area contributed by atoms with E-state index in [4.69, 9.17) is 18.9 Å². The van der Waals surface area contributed by atoms with Gasteiger partial charge in [0.05, 0.1) is 34.4 Å². The third kappa shape index (κ3) is 72.5. The normalized spacial score (nSPS) is 13.5. The molecular weight excluding hydrogens is 1130 g/mol. The van der Waals surface area contributed by atoms with Gasteiger partial charge in [0.25, 0.3) is 6.29 Å². The first kappa shape index (κ1) is 86.2. The van der Waals surface area contributed by atoms with Gasteiger partial charge in [-0.1, -0.05) is 307 Å². The van der Waals surface area contributed by atoms with Crippen molar-refractivity contribution in [1.29, 1.82) is 0 Å². The van der Waals surface area contributed by atoms with Crippen LogP contribution in [-0.2, 0) is 33.3 Å². The first-order valence-electron chi connectivity index (χ1n) is 37.0. The van der Waals surface area contributed by atoms with E-state index in [1.54, 1.807) is 0 Å². The van der Waals surface area contributed by atoms with E-state index in [1.165, 1.54) is 148 Å². The molecule has 9 heteroatoms. The summed E-state index contributed by atoms with van der Waals surface area (Å²) in [5.74, 6) is -2.01. The first-order chi connectivity index (χ1) is 44.6. The zero-order valence-electron chi connectivity index (χ0n) is 59.2. The monoisotopic (exact) mass is 1270 g/mol. The van der Waals surface area contributed by atoms with Crippen LogP contribution < -0.4 is 0 Å². The van der Waals surface area contributed by atoms with Gasteiger partial charge in [0, 0.05) is 12.8 Å². The minimum atomic E-state index is -1.52. The van der Waals surface area contributed by atoms with Crippen LogP contribution in [0.4, 0.5) is 0 Å². The number of aliphatic carboxylic acids is 1. The fourth-order valence-corrected chi connectivity index (χ4v) is 9.96. The largest absolute Gasteiger partial charge is 0.477 e. The highest BCUT2D eigenvalue weighted by Gasteiger charge is 2.25. The molecule has 9 nitrogen and oxygen atoms in total. The number of allylic oxidation sites excluding steroid dienone is 24. The van der Waals surface area contributed by atoms with Crippen LogP contribution in [0.5, 0.6) is 0 Å². The summed E-state index contributed by atoms with van der Waals surface area (Å²) in [7, 11) is 5.97. The number of likely N-dealkylation sites (N-methyl/N-ethyl adjacent to an activating group) is 1. The van der Waals surface area contributed by atoms with Crippen molar-refractivity contribution in [2.45, 2.75) is 309 Å². The predicted molar refractivity (Wildman–Crippen MR) is 391 cm³/mol. The summed E-state index contributed by atoms with van der Waals surface area (Å²) < 4.78 is 23.0. The fraction of sp³-hybridized carbons (Fsp3) is 0.671. The lowest BCUT2D eigenvalue weighted by atomic mass is 10.0. The average molecular weight is 1270 g/mol. The zero-order chi connectivity index (χ0) is 66.1. The fourth-order valence-electron chi connectivity index (χ4n) is 9.96. The molecule has 1 N–H and O–H groups in total. The Kier molecular flexibility index (Phi) is 67.3. The van der Waals surface area contributed by atoms with E-state index in [0.717, 1.165) is 116 Å². The van der Waals surface area contributed by atoms with Crippen molar-refractivity contribution in [2.75, 3.05) is 47.5 Å². The topological polar surface area (TPSA) is 108 Å². The van der Waals surface area contributed by atoms with Crippen LogP contribution in [0, 0.1) is 0 Å². The maximum atomic E-state index is 13.0. The van der Waals surface area contributed by atoms with Crippen LogP contribution in [0.15, 0.2) is 146 Å². The number of ether oxygens (including phenoxy) is 4. The van der Waals surface area contributed by atoms with E-state index in [2.05, 4.69) is 160 Å². The number of carbonyl (C=O) groups is 3. The highest BCUT2D eigenvalue weighted by atomic mass is 16.7. The molecule has 0 heterocycles. The Bertz CT molecular complexity index is 2010. The van der Waals surface area contributed by atoms with E-state index in [-0.39, 0.29) is 32.2 Å². The molecule has 0 rings (SSSR count). The molecule has 0 amide bonds. The second-order valence-electron chi connectivity index (χ2n) is 25.5. The number of esters is 2. The van der Waals surface area contributed by atoms with E-state index in [9.17, 15) is 19.5 Å². The number of hydrogen-bond acceptors (Lipinski definition) is 7. The van der Waals surface area contributed by atoms with E-state index in [0.29, 0.717) is 23.9 Å². The number of carboxylic acids is 1. The highest BCUT2D eigenvalue weighted by Crippen LogP contribution is 2.17. The van der Waals surface area contributed by atoms with Crippen molar-refractivity contribution in [3.8, 4) is 0 Å². The van der Waals surface area contributed by atoms with E-state index >= 15 is 0 Å². The van der Waals surface area contributed by atoms with Gasteiger partial charge >= 0.3 is 17.9 Å². The van der Waals surface area contributed by atoms with Crippen molar-refractivity contribution in [1.82, 2.24) is 0 Å². The van der Waals surface area contributed by atoms with Crippen molar-refractivity contribution < 1.29 is 42.9 Å². The lowest BCUT2D eigenvalue weighted by molar-refractivity contribution is -0.870. The second-order valence-corrected chi connectivity index (χ2v) is 25.5. The molecule has 0 bridgehead atoms. The molecule has 0 spiro atoms. The van der Waals surface area contributed by atoms with Crippen LogP contribution >= 0.6 is 0 Å². The first-order valence-corrected chi connectivity index (χ1v) is 37.0. The lowest BCUT2D eigenvalue weighted by Crippen LogP contribution is -2.40. The molecule has 0 aliphatic heterocycles. The number of hydrogen-bond donors (Lipinski definition) is 1. The van der Waals surface area contributed by atoms with Crippen LogP contribution in [-0.4, -0.2) is 87.4 Å². The molecule has 0 aliphatic rings. The summed E-state index contributed by atoms with van der Waals surface area (Å²) in [6, 6.07) is 0. The Hall–Kier alpha value is -4.83. The maximum Gasteiger partial charge on any atom is 0.361 e. The number of quaternary nitrogens is 1. The molecule has 0 saturated carbocycles. The van der Waals surface area contributed by atoms with Crippen LogP contribution in [0.25, 0.3) is 0 Å². The van der Waals surface area contributed by atoms with Gasteiger partial charge < -0.3 is 28.5 Å². The summed E-state index contributed by atoms with van der Waals surface area (Å²) >= 11 is 0. The maximum absolute atomic E-state index is 13.0. The summed E-state index contributed by atoms with van der Waals surface area (Å²) in [4.78, 5) is 37.7. The Labute approximate surface area is 560 Å². The average Bonchev–Trinajstić information content (AvgIpc) is 3.53. The van der Waals surface area contributed by atoms with Crippen molar-refractivity contribution in [3.63, 3.8) is 0 Å². The number of carboxylic acid groups (broad SMARTS) is 1. The molecule has 0 aliphatic carbocycles.